The van der Waals surface area contributed by atoms with Gasteiger partial charge in [0.15, 0.2) is 0 Å². The van der Waals surface area contributed by atoms with E-state index in [1.807, 2.05) is 6.08 Å². The van der Waals surface area contributed by atoms with Gasteiger partial charge in [0.2, 0.25) is 0 Å². The van der Waals surface area contributed by atoms with E-state index in [-0.39, 0.29) is 12.6 Å². The third-order valence-electron chi connectivity index (χ3n) is 1.32. The van der Waals surface area contributed by atoms with Gasteiger partial charge < -0.3 is 4.74 Å². The maximum absolute atomic E-state index is 10.8. The van der Waals surface area contributed by atoms with E-state index in [1.54, 1.807) is 6.08 Å². The average Bonchev–Trinajstić information content (AvgIpc) is 2.09. The molecule has 0 aliphatic heterocycles. The summed E-state index contributed by atoms with van der Waals surface area (Å²) in [4.78, 5) is 10.8. The molecule has 12 heavy (non-hydrogen) atoms. The minimum Gasteiger partial charge on any atom is -0.458 e. The van der Waals surface area contributed by atoms with Crippen molar-refractivity contribution in [1.29, 1.82) is 0 Å². The van der Waals surface area contributed by atoms with Gasteiger partial charge in [0.1, 0.15) is 6.61 Å². The number of unbranched alkanes of at least 4 members (excludes halogenated alkanes) is 2. The van der Waals surface area contributed by atoms with Gasteiger partial charge in [-0.05, 0) is 6.42 Å². The number of ether oxygens (including phenoxy) is 1. The SMILES string of the molecule is C=CCOC(=O)/C=C/CCCC. The number of esters is 1. The maximum Gasteiger partial charge on any atom is 0.330 e. The van der Waals surface area contributed by atoms with Crippen LogP contribution in [0.5, 0.6) is 0 Å². The monoisotopic (exact) mass is 168 g/mol. The van der Waals surface area contributed by atoms with E-state index in [9.17, 15) is 4.79 Å². The van der Waals surface area contributed by atoms with Gasteiger partial charge in [-0.25, -0.2) is 4.79 Å². The van der Waals surface area contributed by atoms with Crippen molar-refractivity contribution in [2.24, 2.45) is 0 Å². The lowest BCUT2D eigenvalue weighted by Crippen LogP contribution is -1.99. The fraction of sp³-hybridized carbons (Fsp3) is 0.500. The summed E-state index contributed by atoms with van der Waals surface area (Å²) in [5, 5.41) is 0. The zero-order valence-electron chi connectivity index (χ0n) is 7.58. The molecule has 68 valence electrons. The van der Waals surface area contributed by atoms with Crippen LogP contribution >= 0.6 is 0 Å². The Morgan fingerprint density at radius 2 is 2.33 bits per heavy atom. The highest BCUT2D eigenvalue weighted by atomic mass is 16.5. The van der Waals surface area contributed by atoms with Gasteiger partial charge in [0.25, 0.3) is 0 Å². The van der Waals surface area contributed by atoms with E-state index in [0.717, 1.165) is 19.3 Å². The smallest absolute Gasteiger partial charge is 0.330 e. The number of carbonyl (C=O) groups is 1. The van der Waals surface area contributed by atoms with Crippen LogP contribution in [-0.2, 0) is 9.53 Å². The topological polar surface area (TPSA) is 26.3 Å². The van der Waals surface area contributed by atoms with E-state index >= 15 is 0 Å². The molecule has 0 rings (SSSR count). The molecule has 0 amide bonds. The third kappa shape index (κ3) is 7.06. The average molecular weight is 168 g/mol. The van der Waals surface area contributed by atoms with Gasteiger partial charge in [-0.2, -0.15) is 0 Å². The van der Waals surface area contributed by atoms with Gasteiger partial charge in [0, 0.05) is 6.08 Å². The van der Waals surface area contributed by atoms with Crippen LogP contribution in [0.15, 0.2) is 24.8 Å². The van der Waals surface area contributed by atoms with Crippen molar-refractivity contribution in [3.05, 3.63) is 24.8 Å². The molecule has 0 unspecified atom stereocenters. The van der Waals surface area contributed by atoms with E-state index in [1.165, 1.54) is 6.08 Å². The highest BCUT2D eigenvalue weighted by Crippen LogP contribution is 1.95. The minimum absolute atomic E-state index is 0.286. The Labute approximate surface area is 73.9 Å². The number of carbonyl (C=O) groups excluding carboxylic acids is 1. The zero-order valence-corrected chi connectivity index (χ0v) is 7.58. The summed E-state index contributed by atoms with van der Waals surface area (Å²) in [6.45, 7) is 5.84. The molecule has 0 aromatic carbocycles. The van der Waals surface area contributed by atoms with Gasteiger partial charge in [-0.15, -0.1) is 0 Å². The van der Waals surface area contributed by atoms with E-state index in [0.29, 0.717) is 0 Å². The lowest BCUT2D eigenvalue weighted by Gasteiger charge is -1.94. The zero-order chi connectivity index (χ0) is 9.23. The fourth-order valence-electron chi connectivity index (χ4n) is 0.691. The summed E-state index contributed by atoms with van der Waals surface area (Å²) >= 11 is 0. The molecule has 0 spiro atoms. The van der Waals surface area contributed by atoms with E-state index in [4.69, 9.17) is 4.74 Å². The number of rotatable bonds is 6. The normalized spacial score (nSPS) is 10.1. The first kappa shape index (κ1) is 11.0. The molecule has 0 saturated carbocycles. The molecule has 0 aliphatic carbocycles. The second-order valence-electron chi connectivity index (χ2n) is 2.46. The van der Waals surface area contributed by atoms with Crippen LogP contribution in [0, 0.1) is 0 Å². The molecule has 0 aromatic heterocycles. The first-order chi connectivity index (χ1) is 5.81. The van der Waals surface area contributed by atoms with Crippen LogP contribution in [0.25, 0.3) is 0 Å². The Hall–Kier alpha value is -1.05. The molecule has 0 N–H and O–H groups in total. The Balaban J connectivity index is 3.40. The molecular weight excluding hydrogens is 152 g/mol. The highest BCUT2D eigenvalue weighted by Gasteiger charge is 1.91. The Morgan fingerprint density at radius 1 is 1.58 bits per heavy atom. The molecule has 2 heteroatoms. The van der Waals surface area contributed by atoms with Crippen LogP contribution < -0.4 is 0 Å². The summed E-state index contributed by atoms with van der Waals surface area (Å²) in [6.07, 6.45) is 8.07. The fourth-order valence-corrected chi connectivity index (χ4v) is 0.691. The Bertz CT molecular complexity index is 159. The second kappa shape index (κ2) is 8.05. The molecule has 0 radical (unpaired) electrons. The van der Waals surface area contributed by atoms with Crippen LogP contribution in [0.3, 0.4) is 0 Å². The second-order valence-corrected chi connectivity index (χ2v) is 2.46. The molecule has 0 bridgehead atoms. The summed E-state index contributed by atoms with van der Waals surface area (Å²) in [5.41, 5.74) is 0. The Morgan fingerprint density at radius 3 is 2.92 bits per heavy atom. The van der Waals surface area contributed by atoms with Crippen molar-refractivity contribution in [1.82, 2.24) is 0 Å². The molecule has 0 aliphatic rings. The van der Waals surface area contributed by atoms with Crippen molar-refractivity contribution in [2.75, 3.05) is 6.61 Å². The molecule has 0 fully saturated rings. The standard InChI is InChI=1S/C10H16O2/c1-3-5-6-7-8-10(11)12-9-4-2/h4,7-8H,2-3,5-6,9H2,1H3/b8-7+. The molecule has 0 aromatic rings. The number of hydrogen-bond acceptors (Lipinski definition) is 2. The van der Waals surface area contributed by atoms with Crippen molar-refractivity contribution >= 4 is 5.97 Å². The van der Waals surface area contributed by atoms with Crippen LogP contribution in [0.2, 0.25) is 0 Å². The number of allylic oxidation sites excluding steroid dienone is 1. The van der Waals surface area contributed by atoms with Gasteiger partial charge >= 0.3 is 5.97 Å². The van der Waals surface area contributed by atoms with Gasteiger partial charge in [-0.3, -0.25) is 0 Å². The lowest BCUT2D eigenvalue weighted by atomic mass is 10.2. The van der Waals surface area contributed by atoms with Crippen LogP contribution in [0.1, 0.15) is 26.2 Å². The van der Waals surface area contributed by atoms with Crippen molar-refractivity contribution in [2.45, 2.75) is 26.2 Å². The van der Waals surface area contributed by atoms with Crippen molar-refractivity contribution in [3.8, 4) is 0 Å². The molecule has 2 nitrogen and oxygen atoms in total. The molecular formula is C10H16O2. The number of hydrogen-bond donors (Lipinski definition) is 0. The lowest BCUT2D eigenvalue weighted by molar-refractivity contribution is -0.136. The van der Waals surface area contributed by atoms with Crippen molar-refractivity contribution in [3.63, 3.8) is 0 Å². The largest absolute Gasteiger partial charge is 0.458 e. The third-order valence-corrected chi connectivity index (χ3v) is 1.32. The minimum atomic E-state index is -0.286. The van der Waals surface area contributed by atoms with Crippen LogP contribution in [0.4, 0.5) is 0 Å². The van der Waals surface area contributed by atoms with Crippen LogP contribution in [-0.4, -0.2) is 12.6 Å². The summed E-state index contributed by atoms with van der Waals surface area (Å²) in [6, 6.07) is 0. The summed E-state index contributed by atoms with van der Waals surface area (Å²) < 4.78 is 4.73. The van der Waals surface area contributed by atoms with E-state index in [2.05, 4.69) is 13.5 Å². The van der Waals surface area contributed by atoms with E-state index < -0.39 is 0 Å². The predicted molar refractivity (Wildman–Crippen MR) is 49.8 cm³/mol. The summed E-state index contributed by atoms with van der Waals surface area (Å²) in [5.74, 6) is -0.286. The van der Waals surface area contributed by atoms with Gasteiger partial charge in [-0.1, -0.05) is 38.5 Å². The summed E-state index contributed by atoms with van der Waals surface area (Å²) in [7, 11) is 0. The van der Waals surface area contributed by atoms with Gasteiger partial charge in [0.05, 0.1) is 0 Å². The highest BCUT2D eigenvalue weighted by molar-refractivity contribution is 5.81. The first-order valence-electron chi connectivity index (χ1n) is 4.25. The molecule has 0 saturated heterocycles. The van der Waals surface area contributed by atoms with Crippen molar-refractivity contribution < 1.29 is 9.53 Å². The Kier molecular flexibility index (Phi) is 7.35. The molecule has 0 atom stereocenters. The quantitative estimate of drug-likeness (QED) is 0.263. The molecule has 0 heterocycles. The maximum atomic E-state index is 10.8. The predicted octanol–water partition coefficient (Wildman–Crippen LogP) is 2.46. The first-order valence-corrected chi connectivity index (χ1v) is 4.25.